The topological polar surface area (TPSA) is 57.5 Å². The van der Waals surface area contributed by atoms with E-state index in [1.807, 2.05) is 33.8 Å². The molecule has 0 aromatic rings. The Balaban J connectivity index is 5.03. The van der Waals surface area contributed by atoms with Crippen molar-refractivity contribution in [2.45, 2.75) is 34.1 Å². The van der Waals surface area contributed by atoms with E-state index in [0.29, 0.717) is 11.8 Å². The fourth-order valence-corrected chi connectivity index (χ4v) is 1.27. The van der Waals surface area contributed by atoms with E-state index in [-0.39, 0.29) is 11.8 Å². The number of rotatable bonds is 4. The van der Waals surface area contributed by atoms with Crippen molar-refractivity contribution in [2.24, 2.45) is 5.41 Å². The molecule has 0 aromatic carbocycles. The fraction of sp³-hybridized carbons (Fsp3) is 0.545. The van der Waals surface area contributed by atoms with Crippen LogP contribution in [0.1, 0.15) is 34.1 Å². The van der Waals surface area contributed by atoms with Gasteiger partial charge in [-0.1, -0.05) is 32.9 Å². The van der Waals surface area contributed by atoms with Crippen LogP contribution >= 0.6 is 0 Å². The quantitative estimate of drug-likeness (QED) is 0.420. The van der Waals surface area contributed by atoms with E-state index < -0.39 is 7.12 Å². The summed E-state index contributed by atoms with van der Waals surface area (Å²) in [6.45, 7) is 7.97. The van der Waals surface area contributed by atoms with Crippen molar-refractivity contribution in [3.05, 3.63) is 23.2 Å². The Bertz CT molecular complexity index is 272. The first kappa shape index (κ1) is 14.1. The van der Waals surface area contributed by atoms with Crippen molar-refractivity contribution in [3.63, 3.8) is 0 Å². The molecule has 0 atom stereocenters. The van der Waals surface area contributed by atoms with E-state index in [9.17, 15) is 4.79 Å². The molecular weight excluding hydrogens is 191 g/mol. The van der Waals surface area contributed by atoms with Gasteiger partial charge >= 0.3 is 7.12 Å². The largest absolute Gasteiger partial charge is 0.484 e. The van der Waals surface area contributed by atoms with Crippen LogP contribution in [-0.2, 0) is 4.79 Å². The Labute approximate surface area is 91.7 Å². The fourth-order valence-electron chi connectivity index (χ4n) is 1.27. The average Bonchev–Trinajstić information content (AvgIpc) is 2.09. The van der Waals surface area contributed by atoms with Crippen molar-refractivity contribution in [2.75, 3.05) is 0 Å². The van der Waals surface area contributed by atoms with Gasteiger partial charge in [0.25, 0.3) is 0 Å². The van der Waals surface area contributed by atoms with Crippen LogP contribution in [0.5, 0.6) is 0 Å². The molecule has 2 N–H and O–H groups in total. The molecule has 0 aliphatic heterocycles. The van der Waals surface area contributed by atoms with Crippen LogP contribution in [0.4, 0.5) is 0 Å². The third-order valence-electron chi connectivity index (χ3n) is 2.17. The van der Waals surface area contributed by atoms with Crippen LogP contribution in [0.15, 0.2) is 23.2 Å². The predicted molar refractivity (Wildman–Crippen MR) is 62.2 cm³/mol. The van der Waals surface area contributed by atoms with E-state index in [0.717, 1.165) is 5.57 Å². The van der Waals surface area contributed by atoms with Crippen molar-refractivity contribution in [1.82, 2.24) is 0 Å². The molecule has 0 aliphatic rings. The Morgan fingerprint density at radius 3 is 2.13 bits per heavy atom. The molecule has 3 nitrogen and oxygen atoms in total. The van der Waals surface area contributed by atoms with Gasteiger partial charge in [-0.15, -0.1) is 0 Å². The monoisotopic (exact) mass is 210 g/mol. The predicted octanol–water partition coefficient (Wildman–Crippen LogP) is 1.51. The minimum absolute atomic E-state index is 0.0467. The summed E-state index contributed by atoms with van der Waals surface area (Å²) < 4.78 is 0. The zero-order valence-corrected chi connectivity index (χ0v) is 9.82. The summed E-state index contributed by atoms with van der Waals surface area (Å²) in [7, 11) is -1.56. The summed E-state index contributed by atoms with van der Waals surface area (Å²) in [5.74, 6) is 0. The summed E-state index contributed by atoms with van der Waals surface area (Å²) in [6, 6.07) is 0. The Kier molecular flexibility index (Phi) is 5.54. The molecule has 0 saturated carbocycles. The van der Waals surface area contributed by atoms with Gasteiger partial charge in [0.2, 0.25) is 0 Å². The van der Waals surface area contributed by atoms with Gasteiger partial charge in [-0.25, -0.2) is 0 Å². The molecule has 0 spiro atoms. The van der Waals surface area contributed by atoms with Crippen LogP contribution in [0.2, 0.25) is 0 Å². The molecule has 0 aromatic heterocycles. The Morgan fingerprint density at radius 2 is 1.87 bits per heavy atom. The summed E-state index contributed by atoms with van der Waals surface area (Å²) in [4.78, 5) is 10.4. The van der Waals surface area contributed by atoms with Gasteiger partial charge in [-0.2, -0.15) is 0 Å². The van der Waals surface area contributed by atoms with Crippen LogP contribution in [-0.4, -0.2) is 23.5 Å². The van der Waals surface area contributed by atoms with Crippen LogP contribution in [0.25, 0.3) is 0 Å². The lowest BCUT2D eigenvalue weighted by molar-refractivity contribution is -0.107. The first-order valence-electron chi connectivity index (χ1n) is 5.00. The number of carbonyl (C=O) groups excluding carboxylic acids is 1. The first-order chi connectivity index (χ1) is 6.82. The normalized spacial score (nSPS) is 14.0. The van der Waals surface area contributed by atoms with Crippen molar-refractivity contribution in [1.29, 1.82) is 0 Å². The summed E-state index contributed by atoms with van der Waals surface area (Å²) in [5, 5.41) is 18.1. The number of hydrogen-bond donors (Lipinski definition) is 2. The number of carbonyl (C=O) groups is 1. The molecule has 4 heteroatoms. The molecule has 84 valence electrons. The minimum atomic E-state index is -1.56. The molecule has 0 saturated heterocycles. The summed E-state index contributed by atoms with van der Waals surface area (Å²) in [6.07, 6.45) is 4.30. The summed E-state index contributed by atoms with van der Waals surface area (Å²) >= 11 is 0. The maximum Gasteiger partial charge on any atom is 0.484 e. The maximum atomic E-state index is 10.4. The van der Waals surface area contributed by atoms with Gasteiger partial charge in [0.15, 0.2) is 0 Å². The highest BCUT2D eigenvalue weighted by atomic mass is 16.4. The number of allylic oxidation sites excluding steroid dienone is 4. The third kappa shape index (κ3) is 4.95. The van der Waals surface area contributed by atoms with E-state index in [2.05, 4.69) is 0 Å². The highest BCUT2D eigenvalue weighted by molar-refractivity contribution is 6.51. The SMILES string of the molecule is C/C=C(\C=C(/CC=O)B(O)O)C(C)(C)C. The second-order valence-electron chi connectivity index (χ2n) is 4.46. The third-order valence-corrected chi connectivity index (χ3v) is 2.17. The number of hydrogen-bond acceptors (Lipinski definition) is 3. The lowest BCUT2D eigenvalue weighted by Gasteiger charge is -2.21. The van der Waals surface area contributed by atoms with Gasteiger partial charge in [0, 0.05) is 6.42 Å². The van der Waals surface area contributed by atoms with Gasteiger partial charge in [0.1, 0.15) is 6.29 Å². The van der Waals surface area contributed by atoms with Crippen LogP contribution < -0.4 is 0 Å². The van der Waals surface area contributed by atoms with Crippen molar-refractivity contribution >= 4 is 13.4 Å². The molecule has 15 heavy (non-hydrogen) atoms. The van der Waals surface area contributed by atoms with Crippen molar-refractivity contribution < 1.29 is 14.8 Å². The standard InChI is InChI=1S/C11H19BO3/c1-5-9(11(2,3)4)8-10(6-7-13)12(14)15/h5,7-8,14-15H,6H2,1-4H3/b9-5+,10-8+. The smallest absolute Gasteiger partial charge is 0.423 e. The molecule has 0 rings (SSSR count). The molecule has 0 unspecified atom stereocenters. The lowest BCUT2D eigenvalue weighted by Crippen LogP contribution is -2.18. The molecule has 0 fully saturated rings. The highest BCUT2D eigenvalue weighted by Crippen LogP contribution is 2.27. The number of aldehydes is 1. The summed E-state index contributed by atoms with van der Waals surface area (Å²) in [5.41, 5.74) is 1.23. The average molecular weight is 210 g/mol. The van der Waals surface area contributed by atoms with Crippen LogP contribution in [0.3, 0.4) is 0 Å². The maximum absolute atomic E-state index is 10.4. The zero-order valence-electron chi connectivity index (χ0n) is 9.82. The van der Waals surface area contributed by atoms with Gasteiger partial charge in [-0.05, 0) is 23.4 Å². The minimum Gasteiger partial charge on any atom is -0.423 e. The highest BCUT2D eigenvalue weighted by Gasteiger charge is 2.19. The van der Waals surface area contributed by atoms with E-state index in [1.165, 1.54) is 0 Å². The molecule has 0 amide bonds. The second kappa shape index (κ2) is 5.88. The zero-order chi connectivity index (χ0) is 12.1. The second-order valence-corrected chi connectivity index (χ2v) is 4.46. The molecular formula is C11H19BO3. The van der Waals surface area contributed by atoms with Crippen molar-refractivity contribution in [3.8, 4) is 0 Å². The van der Waals surface area contributed by atoms with Gasteiger partial charge in [-0.3, -0.25) is 0 Å². The first-order valence-corrected chi connectivity index (χ1v) is 5.00. The van der Waals surface area contributed by atoms with Gasteiger partial charge in [0.05, 0.1) is 0 Å². The molecule has 0 aliphatic carbocycles. The molecule has 0 heterocycles. The van der Waals surface area contributed by atoms with Crippen LogP contribution in [0, 0.1) is 5.41 Å². The van der Waals surface area contributed by atoms with Gasteiger partial charge < -0.3 is 14.8 Å². The van der Waals surface area contributed by atoms with E-state index >= 15 is 0 Å². The molecule has 0 radical (unpaired) electrons. The van der Waals surface area contributed by atoms with E-state index in [4.69, 9.17) is 10.0 Å². The van der Waals surface area contributed by atoms with E-state index in [1.54, 1.807) is 6.08 Å². The lowest BCUT2D eigenvalue weighted by atomic mass is 9.74. The molecule has 0 bridgehead atoms. The Hall–Kier alpha value is -0.865. The Morgan fingerprint density at radius 1 is 1.33 bits per heavy atom.